The van der Waals surface area contributed by atoms with Crippen LogP contribution in [0.15, 0.2) is 60.5 Å². The van der Waals surface area contributed by atoms with Crippen molar-refractivity contribution in [3.8, 4) is 39.5 Å². The molecule has 0 fully saturated rings. The maximum Gasteiger partial charge on any atom is 0.254 e. The summed E-state index contributed by atoms with van der Waals surface area (Å²) in [5.74, 6) is -1.99. The summed E-state index contributed by atoms with van der Waals surface area (Å²) in [6, 6.07) is 10.9. The van der Waals surface area contributed by atoms with Gasteiger partial charge in [0.05, 0.1) is 35.6 Å². The number of benzene rings is 2. The Hall–Kier alpha value is -4.94. The number of amides is 2. The molecule has 9 nitrogen and oxygen atoms in total. The van der Waals surface area contributed by atoms with Crippen LogP contribution >= 0.6 is 11.3 Å². The number of carbonyl (C=O) groups is 2. The first-order valence-electron chi connectivity index (χ1n) is 15.2. The van der Waals surface area contributed by atoms with Crippen LogP contribution in [-0.2, 0) is 17.9 Å². The smallest absolute Gasteiger partial charge is 0.254 e. The van der Waals surface area contributed by atoms with E-state index in [9.17, 15) is 19.1 Å². The van der Waals surface area contributed by atoms with Gasteiger partial charge >= 0.3 is 0 Å². The zero-order chi connectivity index (χ0) is 33.1. The van der Waals surface area contributed by atoms with Crippen molar-refractivity contribution in [3.05, 3.63) is 89.0 Å². The molecule has 3 aromatic heterocycles. The van der Waals surface area contributed by atoms with Crippen molar-refractivity contribution in [2.45, 2.75) is 39.1 Å². The Labute approximate surface area is 273 Å². The zero-order valence-electron chi connectivity index (χ0n) is 26.0. The van der Waals surface area contributed by atoms with Crippen molar-refractivity contribution in [1.82, 2.24) is 24.6 Å². The van der Waals surface area contributed by atoms with Gasteiger partial charge in [0.2, 0.25) is 5.91 Å². The molecule has 7 rings (SSSR count). The van der Waals surface area contributed by atoms with Crippen molar-refractivity contribution in [1.29, 1.82) is 0 Å². The maximum atomic E-state index is 16.0. The number of hydrogen-bond donors (Lipinski definition) is 1. The summed E-state index contributed by atoms with van der Waals surface area (Å²) in [7, 11) is 1.75. The number of hydrogen-bond acceptors (Lipinski definition) is 7. The highest BCUT2D eigenvalue weighted by molar-refractivity contribution is 7.18. The summed E-state index contributed by atoms with van der Waals surface area (Å²) in [6.45, 7) is 8.21. The lowest BCUT2D eigenvalue weighted by Gasteiger charge is -2.33. The molecule has 2 aromatic carbocycles. The molecule has 0 spiro atoms. The molecule has 0 saturated heterocycles. The van der Waals surface area contributed by atoms with Crippen LogP contribution in [0.3, 0.4) is 0 Å². The van der Waals surface area contributed by atoms with Gasteiger partial charge in [0.15, 0.2) is 0 Å². The second-order valence-corrected chi connectivity index (χ2v) is 12.8. The Morgan fingerprint density at radius 2 is 1.98 bits per heavy atom. The van der Waals surface area contributed by atoms with Gasteiger partial charge in [-0.25, -0.2) is 13.8 Å². The SMILES string of the molecule is C=CC(=O)N1CCn2nc(-c3nc(-c4ccc5c(c4)CN(C)C5=O)c4ccsc4c3-c3c(F)cc(F)cc3OCC(C)O)cc2C1C. The predicted octanol–water partition coefficient (Wildman–Crippen LogP) is 6.21. The van der Waals surface area contributed by atoms with Gasteiger partial charge in [0.25, 0.3) is 5.91 Å². The van der Waals surface area contributed by atoms with Crippen LogP contribution in [0.1, 0.15) is 41.5 Å². The molecule has 2 amide bonds. The molecule has 1 N–H and O–H groups in total. The summed E-state index contributed by atoms with van der Waals surface area (Å²) in [4.78, 5) is 33.7. The fourth-order valence-corrected chi connectivity index (χ4v) is 7.38. The first kappa shape index (κ1) is 30.7. The van der Waals surface area contributed by atoms with E-state index in [1.165, 1.54) is 24.3 Å². The van der Waals surface area contributed by atoms with Crippen molar-refractivity contribution < 1.29 is 28.2 Å². The molecular weight excluding hydrogens is 624 g/mol. The van der Waals surface area contributed by atoms with E-state index in [0.717, 1.165) is 34.3 Å². The number of nitrogens with zero attached hydrogens (tertiary/aromatic N) is 5. The third-order valence-corrected chi connectivity index (χ3v) is 9.61. The molecule has 0 radical (unpaired) electrons. The van der Waals surface area contributed by atoms with E-state index < -0.39 is 17.7 Å². The molecule has 5 heterocycles. The largest absolute Gasteiger partial charge is 0.490 e. The van der Waals surface area contributed by atoms with Gasteiger partial charge in [0.1, 0.15) is 35.4 Å². The lowest BCUT2D eigenvalue weighted by atomic mass is 9.95. The molecule has 12 heteroatoms. The number of aromatic nitrogens is 3. The molecule has 47 heavy (non-hydrogen) atoms. The lowest BCUT2D eigenvalue weighted by molar-refractivity contribution is -0.129. The average molecular weight is 656 g/mol. The fourth-order valence-electron chi connectivity index (χ4n) is 6.43. The number of carbonyl (C=O) groups excluding carboxylic acids is 2. The Kier molecular flexibility index (Phi) is 7.64. The molecule has 2 unspecified atom stereocenters. The zero-order valence-corrected chi connectivity index (χ0v) is 26.8. The number of ether oxygens (including phenoxy) is 1. The minimum atomic E-state index is -0.885. The third kappa shape index (κ3) is 5.17. The highest BCUT2D eigenvalue weighted by Gasteiger charge is 2.32. The van der Waals surface area contributed by atoms with Crippen LogP contribution in [0.4, 0.5) is 8.78 Å². The van der Waals surface area contributed by atoms with Gasteiger partial charge in [-0.2, -0.15) is 5.10 Å². The van der Waals surface area contributed by atoms with Crippen molar-refractivity contribution in [2.75, 3.05) is 20.2 Å². The molecule has 2 aliphatic heterocycles. The summed E-state index contributed by atoms with van der Waals surface area (Å²) >= 11 is 1.38. The molecule has 0 aliphatic carbocycles. The van der Waals surface area contributed by atoms with Gasteiger partial charge in [-0.15, -0.1) is 11.3 Å². The molecule has 0 bridgehead atoms. The molecule has 240 valence electrons. The number of pyridine rings is 1. The average Bonchev–Trinajstić information content (AvgIpc) is 3.77. The normalized spacial score (nSPS) is 16.4. The summed E-state index contributed by atoms with van der Waals surface area (Å²) < 4.78 is 39.0. The van der Waals surface area contributed by atoms with Crippen LogP contribution in [0.5, 0.6) is 5.75 Å². The quantitative estimate of drug-likeness (QED) is 0.210. The van der Waals surface area contributed by atoms with Crippen molar-refractivity contribution in [2.24, 2.45) is 0 Å². The van der Waals surface area contributed by atoms with E-state index in [1.54, 1.807) is 22.9 Å². The Bertz CT molecular complexity index is 2110. The summed E-state index contributed by atoms with van der Waals surface area (Å²) in [5, 5.41) is 17.5. The van der Waals surface area contributed by atoms with Gasteiger partial charge in [0, 0.05) is 59.0 Å². The number of fused-ring (bicyclic) bond motifs is 3. The first-order chi connectivity index (χ1) is 22.5. The second kappa shape index (κ2) is 11.7. The van der Waals surface area contributed by atoms with E-state index >= 15 is 4.39 Å². The summed E-state index contributed by atoms with van der Waals surface area (Å²) in [5.41, 5.74) is 4.81. The number of halogens is 2. The van der Waals surface area contributed by atoms with Crippen LogP contribution in [0, 0.1) is 11.6 Å². The highest BCUT2D eigenvalue weighted by atomic mass is 32.1. The van der Waals surface area contributed by atoms with E-state index in [4.69, 9.17) is 14.8 Å². The van der Waals surface area contributed by atoms with E-state index in [2.05, 4.69) is 6.58 Å². The van der Waals surface area contributed by atoms with Crippen molar-refractivity contribution in [3.63, 3.8) is 0 Å². The topological polar surface area (TPSA) is 101 Å². The Morgan fingerprint density at radius 1 is 1.17 bits per heavy atom. The van der Waals surface area contributed by atoms with Crippen LogP contribution in [0.2, 0.25) is 0 Å². The molecule has 2 atom stereocenters. The van der Waals surface area contributed by atoms with Gasteiger partial charge < -0.3 is 19.6 Å². The summed E-state index contributed by atoms with van der Waals surface area (Å²) in [6.07, 6.45) is 0.401. The Balaban J connectivity index is 1.49. The van der Waals surface area contributed by atoms with E-state index in [-0.39, 0.29) is 35.8 Å². The van der Waals surface area contributed by atoms with Gasteiger partial charge in [-0.1, -0.05) is 12.6 Å². The minimum absolute atomic E-state index is 0.00259. The molecular formula is C35H31F2N5O4S. The second-order valence-electron chi connectivity index (χ2n) is 11.9. The van der Waals surface area contributed by atoms with Gasteiger partial charge in [-0.3, -0.25) is 14.3 Å². The van der Waals surface area contributed by atoms with E-state index in [0.29, 0.717) is 52.5 Å². The Morgan fingerprint density at radius 3 is 2.74 bits per heavy atom. The molecule has 0 saturated carbocycles. The number of aliphatic hydroxyl groups excluding tert-OH is 1. The maximum absolute atomic E-state index is 16.0. The number of aliphatic hydroxyl groups is 1. The van der Waals surface area contributed by atoms with Gasteiger partial charge in [-0.05, 0) is 55.1 Å². The van der Waals surface area contributed by atoms with Crippen LogP contribution < -0.4 is 4.74 Å². The first-order valence-corrected chi connectivity index (χ1v) is 16.0. The molecule has 5 aromatic rings. The van der Waals surface area contributed by atoms with E-state index in [1.807, 2.05) is 41.3 Å². The fraction of sp³-hybridized carbons (Fsp3) is 0.257. The highest BCUT2D eigenvalue weighted by Crippen LogP contribution is 2.47. The predicted molar refractivity (Wildman–Crippen MR) is 175 cm³/mol. The molecule has 2 aliphatic rings. The number of thiophene rings is 1. The monoisotopic (exact) mass is 655 g/mol. The minimum Gasteiger partial charge on any atom is -0.490 e. The van der Waals surface area contributed by atoms with Crippen LogP contribution in [0.25, 0.3) is 43.9 Å². The lowest BCUT2D eigenvalue weighted by Crippen LogP contribution is -2.40. The standard InChI is InChI=1S/C35H31F2N5O4S/c1-5-29(44)41-9-10-42-27(19(41)3)15-26(39-42)33-31(30-25(37)13-22(36)14-28(30)46-17-18(2)43)34-24(8-11-47-34)32(38-33)20-6-7-23-21(12-20)16-40(4)35(23)45/h5-8,11-15,18-19,43H,1,9-10,16-17H2,2-4H3. The van der Waals surface area contributed by atoms with Crippen LogP contribution in [-0.4, -0.2) is 67.8 Å². The third-order valence-electron chi connectivity index (χ3n) is 8.68. The number of rotatable bonds is 7. The van der Waals surface area contributed by atoms with Crippen molar-refractivity contribution >= 4 is 33.2 Å².